The Balaban J connectivity index is 2.24. The Morgan fingerprint density at radius 3 is 2.59 bits per heavy atom. The minimum atomic E-state index is 0.131. The second-order valence-corrected chi connectivity index (χ2v) is 5.64. The standard InChI is InChI=1S/C13H24N4/c1-9-5-10(2)17(7-9)13(11(3)14)12-6-15-16(4)8-12/h6,8-11,13H,5,7,14H2,1-4H3. The quantitative estimate of drug-likeness (QED) is 0.866. The van der Waals surface area contributed by atoms with Crippen LogP contribution in [0.5, 0.6) is 0 Å². The first-order valence-corrected chi connectivity index (χ1v) is 6.49. The molecule has 1 aliphatic heterocycles. The van der Waals surface area contributed by atoms with Gasteiger partial charge in [0.2, 0.25) is 0 Å². The van der Waals surface area contributed by atoms with Crippen LogP contribution in [0.15, 0.2) is 12.4 Å². The van der Waals surface area contributed by atoms with Gasteiger partial charge in [0, 0.05) is 37.4 Å². The molecule has 0 aromatic carbocycles. The molecule has 0 saturated carbocycles. The van der Waals surface area contributed by atoms with Crippen LogP contribution in [0.4, 0.5) is 0 Å². The van der Waals surface area contributed by atoms with Crippen LogP contribution in [0.1, 0.15) is 38.8 Å². The van der Waals surface area contributed by atoms with E-state index in [0.29, 0.717) is 12.1 Å². The third-order valence-electron chi connectivity index (χ3n) is 3.75. The summed E-state index contributed by atoms with van der Waals surface area (Å²) < 4.78 is 1.86. The highest BCUT2D eigenvalue weighted by Gasteiger charge is 2.34. The highest BCUT2D eigenvalue weighted by atomic mass is 15.3. The Morgan fingerprint density at radius 1 is 1.47 bits per heavy atom. The van der Waals surface area contributed by atoms with Crippen LogP contribution in [0.3, 0.4) is 0 Å². The minimum absolute atomic E-state index is 0.131. The van der Waals surface area contributed by atoms with E-state index in [0.717, 1.165) is 12.5 Å². The van der Waals surface area contributed by atoms with E-state index < -0.39 is 0 Å². The van der Waals surface area contributed by atoms with Gasteiger partial charge in [-0.1, -0.05) is 6.92 Å². The van der Waals surface area contributed by atoms with E-state index in [9.17, 15) is 0 Å². The summed E-state index contributed by atoms with van der Waals surface area (Å²) in [6.45, 7) is 7.85. The first kappa shape index (κ1) is 12.6. The minimum Gasteiger partial charge on any atom is -0.326 e. The second kappa shape index (κ2) is 4.78. The molecule has 2 rings (SSSR count). The Hall–Kier alpha value is -0.870. The average Bonchev–Trinajstić information content (AvgIpc) is 2.75. The van der Waals surface area contributed by atoms with Crippen molar-refractivity contribution in [2.24, 2.45) is 18.7 Å². The molecule has 2 heterocycles. The normalized spacial score (nSPS) is 29.5. The molecule has 2 N–H and O–H groups in total. The maximum absolute atomic E-state index is 6.19. The van der Waals surface area contributed by atoms with E-state index in [1.54, 1.807) is 0 Å². The molecule has 4 heteroatoms. The van der Waals surface area contributed by atoms with Crippen LogP contribution in [0.2, 0.25) is 0 Å². The van der Waals surface area contributed by atoms with Crippen LogP contribution >= 0.6 is 0 Å². The molecule has 4 nitrogen and oxygen atoms in total. The molecule has 0 spiro atoms. The van der Waals surface area contributed by atoms with Gasteiger partial charge >= 0.3 is 0 Å². The first-order chi connectivity index (χ1) is 7.99. The molecule has 1 fully saturated rings. The van der Waals surface area contributed by atoms with Gasteiger partial charge in [0.15, 0.2) is 0 Å². The van der Waals surface area contributed by atoms with Crippen molar-refractivity contribution in [1.82, 2.24) is 14.7 Å². The lowest BCUT2D eigenvalue weighted by atomic mass is 10.0. The molecule has 4 atom stereocenters. The highest BCUT2D eigenvalue weighted by Crippen LogP contribution is 2.33. The molecule has 1 aromatic rings. The van der Waals surface area contributed by atoms with E-state index in [1.165, 1.54) is 12.0 Å². The van der Waals surface area contributed by atoms with E-state index in [1.807, 2.05) is 17.9 Å². The van der Waals surface area contributed by atoms with Gasteiger partial charge in [-0.05, 0) is 26.2 Å². The van der Waals surface area contributed by atoms with E-state index in [4.69, 9.17) is 5.73 Å². The maximum atomic E-state index is 6.19. The number of hydrogen-bond donors (Lipinski definition) is 1. The predicted octanol–water partition coefficient (Wildman–Crippen LogP) is 1.54. The first-order valence-electron chi connectivity index (χ1n) is 6.49. The summed E-state index contributed by atoms with van der Waals surface area (Å²) in [5, 5.41) is 4.27. The van der Waals surface area contributed by atoms with Gasteiger partial charge in [-0.25, -0.2) is 0 Å². The number of aryl methyl sites for hydroxylation is 1. The number of likely N-dealkylation sites (tertiary alicyclic amines) is 1. The Morgan fingerprint density at radius 2 is 2.18 bits per heavy atom. The number of hydrogen-bond acceptors (Lipinski definition) is 3. The summed E-state index contributed by atoms with van der Waals surface area (Å²) in [5.74, 6) is 0.767. The Bertz CT molecular complexity index is 371. The molecule has 17 heavy (non-hydrogen) atoms. The fraction of sp³-hybridized carbons (Fsp3) is 0.769. The summed E-state index contributed by atoms with van der Waals surface area (Å²) in [4.78, 5) is 2.53. The van der Waals surface area contributed by atoms with Gasteiger partial charge in [-0.15, -0.1) is 0 Å². The molecular weight excluding hydrogens is 212 g/mol. The molecule has 4 unspecified atom stereocenters. The molecule has 1 saturated heterocycles. The lowest BCUT2D eigenvalue weighted by molar-refractivity contribution is 0.167. The van der Waals surface area contributed by atoms with Gasteiger partial charge in [0.1, 0.15) is 0 Å². The SMILES string of the molecule is CC1CC(C)N(C(c2cnn(C)c2)C(C)N)C1. The fourth-order valence-corrected chi connectivity index (χ4v) is 3.11. The number of nitrogens with zero attached hydrogens (tertiary/aromatic N) is 3. The molecule has 0 aliphatic carbocycles. The molecule has 96 valence electrons. The molecule has 0 radical (unpaired) electrons. The van der Waals surface area contributed by atoms with Crippen LogP contribution in [0.25, 0.3) is 0 Å². The molecule has 0 amide bonds. The molecule has 0 bridgehead atoms. The lowest BCUT2D eigenvalue weighted by Gasteiger charge is -2.33. The number of aromatic nitrogens is 2. The van der Waals surface area contributed by atoms with Crippen molar-refractivity contribution in [3.63, 3.8) is 0 Å². The number of rotatable bonds is 3. The van der Waals surface area contributed by atoms with Crippen molar-refractivity contribution in [2.75, 3.05) is 6.54 Å². The van der Waals surface area contributed by atoms with Crippen LogP contribution in [-0.4, -0.2) is 33.3 Å². The summed E-state index contributed by atoms with van der Waals surface area (Å²) >= 11 is 0. The number of nitrogens with two attached hydrogens (primary N) is 1. The van der Waals surface area contributed by atoms with Crippen molar-refractivity contribution in [2.45, 2.75) is 45.3 Å². The van der Waals surface area contributed by atoms with Gasteiger partial charge < -0.3 is 5.73 Å². The van der Waals surface area contributed by atoms with Gasteiger partial charge in [0.05, 0.1) is 12.2 Å². The summed E-state index contributed by atoms with van der Waals surface area (Å²) in [6, 6.07) is 1.04. The maximum Gasteiger partial charge on any atom is 0.0538 e. The largest absolute Gasteiger partial charge is 0.326 e. The van der Waals surface area contributed by atoms with E-state index in [2.05, 4.69) is 37.0 Å². The molecular formula is C13H24N4. The Labute approximate surface area is 104 Å². The summed E-state index contributed by atoms with van der Waals surface area (Å²) in [6.07, 6.45) is 5.30. The third kappa shape index (κ3) is 2.53. The van der Waals surface area contributed by atoms with Gasteiger partial charge in [-0.3, -0.25) is 9.58 Å². The van der Waals surface area contributed by atoms with E-state index in [-0.39, 0.29) is 6.04 Å². The van der Waals surface area contributed by atoms with Gasteiger partial charge in [0.25, 0.3) is 0 Å². The van der Waals surface area contributed by atoms with Crippen LogP contribution in [-0.2, 0) is 7.05 Å². The zero-order valence-corrected chi connectivity index (χ0v) is 11.3. The fourth-order valence-electron chi connectivity index (χ4n) is 3.11. The predicted molar refractivity (Wildman–Crippen MR) is 69.5 cm³/mol. The van der Waals surface area contributed by atoms with Crippen LogP contribution < -0.4 is 5.73 Å². The second-order valence-electron chi connectivity index (χ2n) is 5.64. The topological polar surface area (TPSA) is 47.1 Å². The lowest BCUT2D eigenvalue weighted by Crippen LogP contribution is -2.41. The Kier molecular flexibility index (Phi) is 3.54. The van der Waals surface area contributed by atoms with Crippen molar-refractivity contribution < 1.29 is 0 Å². The van der Waals surface area contributed by atoms with Crippen molar-refractivity contribution >= 4 is 0 Å². The molecule has 1 aliphatic rings. The summed E-state index contributed by atoms with van der Waals surface area (Å²) in [7, 11) is 1.96. The highest BCUT2D eigenvalue weighted by molar-refractivity contribution is 5.14. The third-order valence-corrected chi connectivity index (χ3v) is 3.75. The smallest absolute Gasteiger partial charge is 0.0538 e. The zero-order chi connectivity index (χ0) is 12.6. The monoisotopic (exact) mass is 236 g/mol. The van der Waals surface area contributed by atoms with Crippen molar-refractivity contribution in [1.29, 1.82) is 0 Å². The van der Waals surface area contributed by atoms with Crippen LogP contribution in [0, 0.1) is 5.92 Å². The molecule has 1 aromatic heterocycles. The van der Waals surface area contributed by atoms with Crippen molar-refractivity contribution in [3.8, 4) is 0 Å². The summed E-state index contributed by atoms with van der Waals surface area (Å²) in [5.41, 5.74) is 7.43. The average molecular weight is 236 g/mol. The zero-order valence-electron chi connectivity index (χ0n) is 11.3. The van der Waals surface area contributed by atoms with E-state index >= 15 is 0 Å². The van der Waals surface area contributed by atoms with Crippen molar-refractivity contribution in [3.05, 3.63) is 18.0 Å². The van der Waals surface area contributed by atoms with Gasteiger partial charge in [-0.2, -0.15) is 5.10 Å².